The van der Waals surface area contributed by atoms with E-state index in [2.05, 4.69) is 171 Å². The van der Waals surface area contributed by atoms with E-state index < -0.39 is 5.41 Å². The number of hydrogen-bond acceptors (Lipinski definition) is 0. The van der Waals surface area contributed by atoms with Crippen molar-refractivity contribution in [3.8, 4) is 33.4 Å². The fourth-order valence-corrected chi connectivity index (χ4v) is 7.16. The molecule has 0 aromatic heterocycles. The van der Waals surface area contributed by atoms with E-state index in [4.69, 9.17) is 0 Å². The molecule has 0 heterocycles. The summed E-state index contributed by atoms with van der Waals surface area (Å²) in [6.07, 6.45) is 0. The van der Waals surface area contributed by atoms with Crippen LogP contribution in [-0.4, -0.2) is 0 Å². The highest BCUT2D eigenvalue weighted by Gasteiger charge is 2.46. The van der Waals surface area contributed by atoms with Gasteiger partial charge in [0.05, 0.1) is 5.41 Å². The van der Waals surface area contributed by atoms with E-state index in [1.165, 1.54) is 72.0 Å². The molecule has 0 saturated carbocycles. The Morgan fingerprint density at radius 3 is 1.66 bits per heavy atom. The molecule has 0 radical (unpaired) electrons. The van der Waals surface area contributed by atoms with Crippen molar-refractivity contribution in [2.75, 3.05) is 0 Å². The van der Waals surface area contributed by atoms with Crippen LogP contribution < -0.4 is 0 Å². The first-order chi connectivity index (χ1) is 21.7. The van der Waals surface area contributed by atoms with Gasteiger partial charge in [0.15, 0.2) is 0 Å². The normalized spacial score (nSPS) is 12.6. The van der Waals surface area contributed by atoms with Crippen molar-refractivity contribution in [2.24, 2.45) is 0 Å². The molecule has 1 aliphatic rings. The molecule has 0 amide bonds. The lowest BCUT2D eigenvalue weighted by molar-refractivity contribution is 0.769. The second kappa shape index (κ2) is 11.5. The highest BCUT2D eigenvalue weighted by molar-refractivity contribution is 6.04. The lowest BCUT2D eigenvalue weighted by Crippen LogP contribution is -2.28. The van der Waals surface area contributed by atoms with Gasteiger partial charge in [-0.15, -0.1) is 0 Å². The van der Waals surface area contributed by atoms with Crippen LogP contribution in [0.3, 0.4) is 0 Å². The maximum absolute atomic E-state index is 2.47. The molecule has 0 bridgehead atoms. The van der Waals surface area contributed by atoms with Crippen LogP contribution in [0, 0.1) is 6.92 Å². The van der Waals surface area contributed by atoms with Crippen molar-refractivity contribution < 1.29 is 0 Å². The second-order valence-corrected chi connectivity index (χ2v) is 11.4. The van der Waals surface area contributed by atoms with Gasteiger partial charge in [-0.2, -0.15) is 0 Å². The molecule has 0 N–H and O–H groups in total. The fraction of sp³-hybridized carbons (Fsp3) is 0.0909. The van der Waals surface area contributed by atoms with Crippen LogP contribution in [-0.2, 0) is 5.41 Å². The molecule has 212 valence electrons. The SMILES string of the molecule is CC.Cc1ccc(-c2c(-c3ccc4c(c3)C(c3ccccc3)(c3ccccc3)c3ccccc3-4)ccc3ccccc23)cc1. The van der Waals surface area contributed by atoms with Crippen molar-refractivity contribution in [3.63, 3.8) is 0 Å². The number of hydrogen-bond donors (Lipinski definition) is 0. The van der Waals surface area contributed by atoms with Gasteiger partial charge in [-0.25, -0.2) is 0 Å². The van der Waals surface area contributed by atoms with Gasteiger partial charge in [-0.3, -0.25) is 0 Å². The van der Waals surface area contributed by atoms with Crippen LogP contribution in [0.4, 0.5) is 0 Å². The quantitative estimate of drug-likeness (QED) is 0.199. The summed E-state index contributed by atoms with van der Waals surface area (Å²) in [6, 6.07) is 60.5. The van der Waals surface area contributed by atoms with E-state index in [-0.39, 0.29) is 0 Å². The zero-order valence-electron chi connectivity index (χ0n) is 25.6. The smallest absolute Gasteiger partial charge is 0.0683 e. The molecule has 0 spiro atoms. The third-order valence-electron chi connectivity index (χ3n) is 9.04. The van der Waals surface area contributed by atoms with Gasteiger partial charge in [0.25, 0.3) is 0 Å². The Morgan fingerprint density at radius 1 is 0.409 bits per heavy atom. The molecule has 0 aliphatic heterocycles. The lowest BCUT2D eigenvalue weighted by Gasteiger charge is -2.34. The molecule has 7 aromatic rings. The first-order valence-electron chi connectivity index (χ1n) is 15.7. The maximum Gasteiger partial charge on any atom is 0.0713 e. The van der Waals surface area contributed by atoms with Crippen LogP contribution in [0.5, 0.6) is 0 Å². The molecule has 0 nitrogen and oxygen atoms in total. The van der Waals surface area contributed by atoms with Crippen LogP contribution in [0.2, 0.25) is 0 Å². The highest BCUT2D eigenvalue weighted by Crippen LogP contribution is 2.57. The van der Waals surface area contributed by atoms with Crippen molar-refractivity contribution >= 4 is 10.8 Å². The summed E-state index contributed by atoms with van der Waals surface area (Å²) in [4.78, 5) is 0. The molecule has 0 unspecified atom stereocenters. The van der Waals surface area contributed by atoms with Gasteiger partial charge in [0.2, 0.25) is 0 Å². The number of aryl methyl sites for hydroxylation is 1. The van der Waals surface area contributed by atoms with E-state index in [9.17, 15) is 0 Å². The Balaban J connectivity index is 0.00000153. The maximum atomic E-state index is 2.47. The second-order valence-electron chi connectivity index (χ2n) is 11.4. The number of rotatable bonds is 4. The molecule has 0 saturated heterocycles. The molecule has 8 rings (SSSR count). The van der Waals surface area contributed by atoms with Gasteiger partial charge in [0.1, 0.15) is 0 Å². The largest absolute Gasteiger partial charge is 0.0713 e. The number of fused-ring (bicyclic) bond motifs is 4. The summed E-state index contributed by atoms with van der Waals surface area (Å²) in [5, 5.41) is 2.54. The van der Waals surface area contributed by atoms with Crippen molar-refractivity contribution in [3.05, 3.63) is 192 Å². The van der Waals surface area contributed by atoms with E-state index >= 15 is 0 Å². The zero-order chi connectivity index (χ0) is 30.1. The minimum Gasteiger partial charge on any atom is -0.0683 e. The lowest BCUT2D eigenvalue weighted by atomic mass is 9.67. The Hall–Kier alpha value is -5.20. The van der Waals surface area contributed by atoms with Crippen LogP contribution in [0.25, 0.3) is 44.2 Å². The summed E-state index contributed by atoms with van der Waals surface area (Å²) in [7, 11) is 0. The third kappa shape index (κ3) is 4.29. The van der Waals surface area contributed by atoms with Crippen LogP contribution >= 0.6 is 0 Å². The van der Waals surface area contributed by atoms with Gasteiger partial charge in [-0.05, 0) is 79.4 Å². The monoisotopic (exact) mass is 564 g/mol. The van der Waals surface area contributed by atoms with Gasteiger partial charge < -0.3 is 0 Å². The van der Waals surface area contributed by atoms with E-state index in [0.717, 1.165) is 0 Å². The van der Waals surface area contributed by atoms with Gasteiger partial charge in [-0.1, -0.05) is 177 Å². The summed E-state index contributed by atoms with van der Waals surface area (Å²) in [5.74, 6) is 0. The summed E-state index contributed by atoms with van der Waals surface area (Å²) in [5.41, 5.74) is 13.7. The first-order valence-corrected chi connectivity index (χ1v) is 15.7. The molecular formula is C44H36. The van der Waals surface area contributed by atoms with E-state index in [1.54, 1.807) is 0 Å². The minimum atomic E-state index is -0.411. The van der Waals surface area contributed by atoms with Crippen molar-refractivity contribution in [1.82, 2.24) is 0 Å². The molecule has 7 aromatic carbocycles. The predicted molar refractivity (Wildman–Crippen MR) is 188 cm³/mol. The minimum absolute atomic E-state index is 0.411. The number of benzene rings is 7. The molecule has 0 atom stereocenters. The van der Waals surface area contributed by atoms with Gasteiger partial charge in [0, 0.05) is 0 Å². The third-order valence-corrected chi connectivity index (χ3v) is 9.04. The highest BCUT2D eigenvalue weighted by atomic mass is 14.5. The Labute approximate surface area is 261 Å². The first kappa shape index (κ1) is 27.6. The summed E-state index contributed by atoms with van der Waals surface area (Å²) >= 11 is 0. The predicted octanol–water partition coefficient (Wildman–Crippen LogP) is 11.9. The molecular weight excluding hydrogens is 528 g/mol. The summed E-state index contributed by atoms with van der Waals surface area (Å²) in [6.45, 7) is 6.15. The standard InChI is InChI=1S/C42H30.C2H6/c1-29-20-22-31(23-21-29)41-35-17-9-8-12-30(35)24-26-36(41)32-25-27-38-37-18-10-11-19-39(37)42(40(38)28-32,33-13-4-2-5-14-33)34-15-6-3-7-16-34;1-2/h2-28H,1H3;1-2H3. The van der Waals surface area contributed by atoms with Gasteiger partial charge >= 0.3 is 0 Å². The molecule has 44 heavy (non-hydrogen) atoms. The Bertz CT molecular complexity index is 2030. The Kier molecular flexibility index (Phi) is 7.20. The Morgan fingerprint density at radius 2 is 0.955 bits per heavy atom. The average molecular weight is 565 g/mol. The topological polar surface area (TPSA) is 0 Å². The molecule has 0 fully saturated rings. The average Bonchev–Trinajstić information content (AvgIpc) is 3.40. The van der Waals surface area contributed by atoms with E-state index in [0.29, 0.717) is 0 Å². The summed E-state index contributed by atoms with van der Waals surface area (Å²) < 4.78 is 0. The molecule has 0 heteroatoms. The molecule has 1 aliphatic carbocycles. The fourth-order valence-electron chi connectivity index (χ4n) is 7.16. The van der Waals surface area contributed by atoms with Crippen molar-refractivity contribution in [2.45, 2.75) is 26.2 Å². The van der Waals surface area contributed by atoms with Crippen molar-refractivity contribution in [1.29, 1.82) is 0 Å². The van der Waals surface area contributed by atoms with E-state index in [1.807, 2.05) is 13.8 Å². The van der Waals surface area contributed by atoms with Crippen LogP contribution in [0.15, 0.2) is 164 Å². The van der Waals surface area contributed by atoms with Crippen LogP contribution in [0.1, 0.15) is 41.7 Å². The zero-order valence-corrected chi connectivity index (χ0v) is 25.6.